The summed E-state index contributed by atoms with van der Waals surface area (Å²) in [6.45, 7) is -0.863. The number of halogens is 3. The first-order chi connectivity index (χ1) is 17.2. The van der Waals surface area contributed by atoms with Crippen molar-refractivity contribution in [3.05, 3.63) is 71.7 Å². The molecule has 4 rings (SSSR count). The summed E-state index contributed by atoms with van der Waals surface area (Å²) in [5.41, 5.74) is 0.369. The molecule has 4 unspecified atom stereocenters. The number of hydrogen-bond donors (Lipinski definition) is 4. The average molecular weight is 509 g/mol. The Morgan fingerprint density at radius 1 is 1.11 bits per heavy atom. The van der Waals surface area contributed by atoms with Crippen molar-refractivity contribution < 1.29 is 47.9 Å². The van der Waals surface area contributed by atoms with E-state index in [0.717, 1.165) is 10.9 Å². The summed E-state index contributed by atoms with van der Waals surface area (Å²) in [6.07, 6.45) is -6.77. The molecule has 0 amide bonds. The molecule has 6 atom stereocenters. The lowest BCUT2D eigenvalue weighted by Gasteiger charge is -2.43. The standard InChI is InChI=1S/C23H22F3N3O7/c24-13-6-12(7-14(25)17(13)26)15-8-29(28-27-15)18-19(31)16(9-30)36-21(20(18)32)22(23(33)34)35-10-11-4-2-1-3-5-11/h1-8,16,18-22,30-32H,9-10H2,(H,33,34)/t16?,18?,19?,20?,21-,22+/m1/s1. The minimum Gasteiger partial charge on any atom is -0.479 e. The van der Waals surface area contributed by atoms with E-state index in [9.17, 15) is 38.4 Å². The van der Waals surface area contributed by atoms with Crippen LogP contribution < -0.4 is 0 Å². The van der Waals surface area contributed by atoms with Crippen LogP contribution in [-0.4, -0.2) is 78.5 Å². The first kappa shape index (κ1) is 25.7. The van der Waals surface area contributed by atoms with Gasteiger partial charge in [0.25, 0.3) is 0 Å². The molecule has 10 nitrogen and oxygen atoms in total. The Kier molecular flexibility index (Phi) is 7.66. The number of aliphatic hydroxyl groups excluding tert-OH is 3. The van der Waals surface area contributed by atoms with Crippen molar-refractivity contribution in [1.82, 2.24) is 15.0 Å². The highest BCUT2D eigenvalue weighted by Crippen LogP contribution is 2.33. The molecule has 0 radical (unpaired) electrons. The van der Waals surface area contributed by atoms with Gasteiger partial charge in [0.1, 0.15) is 36.2 Å². The second-order valence-corrected chi connectivity index (χ2v) is 8.19. The maximum Gasteiger partial charge on any atom is 0.335 e. The lowest BCUT2D eigenvalue weighted by molar-refractivity contribution is -0.238. The molecule has 1 aliphatic heterocycles. The number of carboxylic acids is 1. The van der Waals surface area contributed by atoms with Crippen LogP contribution in [0.15, 0.2) is 48.7 Å². The third kappa shape index (κ3) is 5.10. The average Bonchev–Trinajstić information content (AvgIpc) is 3.34. The number of hydrogen-bond acceptors (Lipinski definition) is 8. The molecule has 13 heteroatoms. The molecule has 1 aliphatic rings. The van der Waals surface area contributed by atoms with Gasteiger partial charge in [-0.2, -0.15) is 0 Å². The maximum absolute atomic E-state index is 13.7. The van der Waals surface area contributed by atoms with Gasteiger partial charge < -0.3 is 29.9 Å². The summed E-state index contributed by atoms with van der Waals surface area (Å²) in [6, 6.07) is 8.65. The number of aliphatic hydroxyl groups is 3. The normalized spacial score (nSPS) is 25.0. The zero-order valence-electron chi connectivity index (χ0n) is 18.5. The van der Waals surface area contributed by atoms with Crippen LogP contribution in [0.2, 0.25) is 0 Å². The second kappa shape index (κ2) is 10.7. The Balaban J connectivity index is 1.62. The summed E-state index contributed by atoms with van der Waals surface area (Å²) in [4.78, 5) is 12.0. The van der Waals surface area contributed by atoms with Crippen molar-refractivity contribution in [2.24, 2.45) is 0 Å². The van der Waals surface area contributed by atoms with Gasteiger partial charge in [-0.15, -0.1) is 5.10 Å². The van der Waals surface area contributed by atoms with Gasteiger partial charge in [0.2, 0.25) is 0 Å². The Hall–Kier alpha value is -3.36. The van der Waals surface area contributed by atoms with Gasteiger partial charge in [-0.25, -0.2) is 22.6 Å². The zero-order chi connectivity index (χ0) is 26.0. The Morgan fingerprint density at radius 2 is 1.78 bits per heavy atom. The fourth-order valence-corrected chi connectivity index (χ4v) is 4.02. The Bertz CT molecular complexity index is 1190. The van der Waals surface area contributed by atoms with Crippen LogP contribution in [0.5, 0.6) is 0 Å². The summed E-state index contributed by atoms with van der Waals surface area (Å²) < 4.78 is 52.6. The van der Waals surface area contributed by atoms with Crippen molar-refractivity contribution in [2.75, 3.05) is 6.61 Å². The van der Waals surface area contributed by atoms with Crippen LogP contribution in [0.1, 0.15) is 11.6 Å². The number of nitrogens with zero attached hydrogens (tertiary/aromatic N) is 3. The van der Waals surface area contributed by atoms with Crippen molar-refractivity contribution in [2.45, 2.75) is 43.2 Å². The van der Waals surface area contributed by atoms with Crippen molar-refractivity contribution in [3.8, 4) is 11.3 Å². The predicted octanol–water partition coefficient (Wildman–Crippen LogP) is 1.05. The lowest BCUT2D eigenvalue weighted by atomic mass is 9.90. The molecule has 0 spiro atoms. The van der Waals surface area contributed by atoms with E-state index in [1.54, 1.807) is 30.3 Å². The molecule has 1 fully saturated rings. The molecule has 4 N–H and O–H groups in total. The van der Waals surface area contributed by atoms with E-state index in [0.29, 0.717) is 17.7 Å². The minimum absolute atomic E-state index is 0.120. The van der Waals surface area contributed by atoms with Crippen molar-refractivity contribution in [3.63, 3.8) is 0 Å². The largest absolute Gasteiger partial charge is 0.479 e. The first-order valence-corrected chi connectivity index (χ1v) is 10.8. The molecule has 0 bridgehead atoms. The van der Waals surface area contributed by atoms with E-state index in [-0.39, 0.29) is 17.9 Å². The third-order valence-electron chi connectivity index (χ3n) is 5.84. The molecule has 0 saturated carbocycles. The van der Waals surface area contributed by atoms with Crippen LogP contribution >= 0.6 is 0 Å². The molecule has 2 heterocycles. The van der Waals surface area contributed by atoms with Crippen LogP contribution in [0, 0.1) is 17.5 Å². The Morgan fingerprint density at radius 3 is 2.39 bits per heavy atom. The molecule has 1 saturated heterocycles. The smallest absolute Gasteiger partial charge is 0.335 e. The fourth-order valence-electron chi connectivity index (χ4n) is 4.02. The quantitative estimate of drug-likeness (QED) is 0.327. The van der Waals surface area contributed by atoms with Crippen LogP contribution in [0.25, 0.3) is 11.3 Å². The number of aliphatic carboxylic acids is 1. The molecule has 36 heavy (non-hydrogen) atoms. The summed E-state index contributed by atoms with van der Waals surface area (Å²) in [5.74, 6) is -6.03. The summed E-state index contributed by atoms with van der Waals surface area (Å²) >= 11 is 0. The highest BCUT2D eigenvalue weighted by atomic mass is 19.2. The number of carbonyl (C=O) groups is 1. The van der Waals surface area contributed by atoms with E-state index in [2.05, 4.69) is 10.3 Å². The van der Waals surface area contributed by atoms with Crippen LogP contribution in [0.3, 0.4) is 0 Å². The predicted molar refractivity (Wildman–Crippen MR) is 115 cm³/mol. The van der Waals surface area contributed by atoms with E-state index < -0.39 is 66.6 Å². The van der Waals surface area contributed by atoms with E-state index in [4.69, 9.17) is 9.47 Å². The maximum atomic E-state index is 13.7. The molecular weight excluding hydrogens is 487 g/mol. The van der Waals surface area contributed by atoms with Gasteiger partial charge in [0, 0.05) is 5.56 Å². The van der Waals surface area contributed by atoms with Crippen molar-refractivity contribution >= 4 is 5.97 Å². The van der Waals surface area contributed by atoms with Gasteiger partial charge in [0.05, 0.1) is 19.4 Å². The molecule has 0 aliphatic carbocycles. The number of carboxylic acid groups (broad SMARTS) is 1. The van der Waals surface area contributed by atoms with Gasteiger partial charge >= 0.3 is 5.97 Å². The topological polar surface area (TPSA) is 147 Å². The number of benzene rings is 2. The third-order valence-corrected chi connectivity index (χ3v) is 5.84. The summed E-state index contributed by atoms with van der Waals surface area (Å²) in [5, 5.41) is 48.7. The van der Waals surface area contributed by atoms with Gasteiger partial charge in [-0.1, -0.05) is 35.5 Å². The van der Waals surface area contributed by atoms with Gasteiger partial charge in [-0.05, 0) is 17.7 Å². The SMILES string of the molecule is O=C(O)[C@@H](OCc1ccccc1)[C@@H]1OC(CO)C(O)C(n2cc(-c3cc(F)c(F)c(F)c3)nn2)C1O. The molecular formula is C23H22F3N3O7. The van der Waals surface area contributed by atoms with Crippen LogP contribution in [0.4, 0.5) is 13.2 Å². The van der Waals surface area contributed by atoms with Gasteiger partial charge in [-0.3, -0.25) is 0 Å². The molecule has 1 aromatic heterocycles. The highest BCUT2D eigenvalue weighted by Gasteiger charge is 2.50. The number of aromatic nitrogens is 3. The first-order valence-electron chi connectivity index (χ1n) is 10.8. The number of ether oxygens (including phenoxy) is 2. The van der Waals surface area contributed by atoms with E-state index in [1.807, 2.05) is 0 Å². The number of rotatable bonds is 8. The molecule has 3 aromatic rings. The van der Waals surface area contributed by atoms with Crippen molar-refractivity contribution in [1.29, 1.82) is 0 Å². The Labute approximate surface area is 202 Å². The fraction of sp³-hybridized carbons (Fsp3) is 0.348. The second-order valence-electron chi connectivity index (χ2n) is 8.19. The monoisotopic (exact) mass is 509 g/mol. The highest BCUT2D eigenvalue weighted by molar-refractivity contribution is 5.73. The van der Waals surface area contributed by atoms with E-state index in [1.165, 1.54) is 0 Å². The summed E-state index contributed by atoms with van der Waals surface area (Å²) in [7, 11) is 0. The van der Waals surface area contributed by atoms with Crippen LogP contribution in [-0.2, 0) is 20.9 Å². The molecule has 192 valence electrons. The van der Waals surface area contributed by atoms with Gasteiger partial charge in [0.15, 0.2) is 23.6 Å². The zero-order valence-corrected chi connectivity index (χ0v) is 18.5. The minimum atomic E-state index is -1.73. The van der Waals surface area contributed by atoms with E-state index >= 15 is 0 Å². The molecule has 2 aromatic carbocycles. The lowest BCUT2D eigenvalue weighted by Crippen LogP contribution is -2.60.